The average Bonchev–Trinajstić information content (AvgIpc) is 3.67. The van der Waals surface area contributed by atoms with E-state index in [1.54, 1.807) is 67.6 Å². The molecule has 0 aliphatic rings. The first-order valence-electron chi connectivity index (χ1n) is 15.6. The van der Waals surface area contributed by atoms with Crippen molar-refractivity contribution in [2.75, 3.05) is 22.2 Å². The SMILES string of the molecule is C.CCOC(=O)CCCCCN(c1sc2ccccc2c1Br)S(=O)(=O)c1ccccc1.O=S(=O)(Nc1cc2ccccc2s1)c1ccccc1.[2H-]. The molecule has 0 saturated carbocycles. The third-order valence-electron chi connectivity index (χ3n) is 7.34. The molecule has 0 aliphatic carbocycles. The second kappa shape index (κ2) is 18.0. The molecule has 8 nitrogen and oxygen atoms in total. The van der Waals surface area contributed by atoms with Gasteiger partial charge < -0.3 is 6.16 Å². The first-order chi connectivity index (χ1) is 23.6. The molecule has 0 radical (unpaired) electrons. The number of carbonyl (C=O) groups is 1. The van der Waals surface area contributed by atoms with Crippen LogP contribution in [0, 0.1) is 0 Å². The summed E-state index contributed by atoms with van der Waals surface area (Å²) in [5.74, 6) is -0.210. The van der Waals surface area contributed by atoms with E-state index < -0.39 is 20.0 Å². The molecule has 1 N–H and O–H groups in total. The van der Waals surface area contributed by atoms with Gasteiger partial charge in [-0.05, 0) is 83.5 Å². The van der Waals surface area contributed by atoms with E-state index in [9.17, 15) is 21.6 Å². The zero-order chi connectivity index (χ0) is 34.9. The van der Waals surface area contributed by atoms with Gasteiger partial charge >= 0.3 is 5.97 Å². The van der Waals surface area contributed by atoms with Crippen LogP contribution in [0.15, 0.2) is 130 Å². The highest BCUT2D eigenvalue weighted by Gasteiger charge is 2.28. The molecule has 0 spiro atoms. The highest BCUT2D eigenvalue weighted by molar-refractivity contribution is 9.10. The molecule has 0 unspecified atom stereocenters. The number of halogens is 1. The molecule has 13 heteroatoms. The molecule has 0 saturated heterocycles. The monoisotopic (exact) mass is 816 g/mol. The number of sulfonamides is 2. The number of hydrogen-bond acceptors (Lipinski definition) is 8. The van der Waals surface area contributed by atoms with Gasteiger partial charge in [-0.1, -0.05) is 86.6 Å². The molecule has 2 aromatic heterocycles. The standard InChI is InChI=1S/C22H24BrNO4S2.C14H11NO2S2.CH4.H/c1-2-28-20(25)15-7-4-10-16-24(30(26,27)17-11-5-3-6-12-17)22-21(23)18-13-8-9-14-19(18)29-22;16-19(17,12-7-2-1-3-8-12)15-14-10-11-6-4-5-9-13(11)18-14;;/h3,5-6,8-9,11-14H,2,4,7,10,15-16H2,1H3;1-10,15H;1H4;/q;;;-1/i;;;1+1. The maximum absolute atomic E-state index is 13.5. The van der Waals surface area contributed by atoms with Crippen LogP contribution < -0.4 is 9.03 Å². The Morgan fingerprint density at radius 3 is 2.02 bits per heavy atom. The molecule has 0 fully saturated rings. The summed E-state index contributed by atoms with van der Waals surface area (Å²) < 4.78 is 63.2. The molecule has 266 valence electrons. The van der Waals surface area contributed by atoms with Crippen LogP contribution in [-0.4, -0.2) is 36.0 Å². The second-order valence-corrected chi connectivity index (χ2v) is 17.2. The van der Waals surface area contributed by atoms with Gasteiger partial charge in [0, 0.05) is 27.8 Å². The van der Waals surface area contributed by atoms with Crippen molar-refractivity contribution >= 4 is 94.8 Å². The minimum Gasteiger partial charge on any atom is -1.00 e. The fourth-order valence-corrected chi connectivity index (χ4v) is 11.2. The third-order valence-corrected chi connectivity index (χ3v) is 14.1. The topological polar surface area (TPSA) is 110 Å². The summed E-state index contributed by atoms with van der Waals surface area (Å²) in [4.78, 5) is 12.1. The molecular weight excluding hydrogens is 777 g/mol. The highest BCUT2D eigenvalue weighted by atomic mass is 79.9. The number of esters is 1. The summed E-state index contributed by atoms with van der Waals surface area (Å²) in [6, 6.07) is 34.4. The van der Waals surface area contributed by atoms with Crippen LogP contribution in [-0.2, 0) is 29.6 Å². The van der Waals surface area contributed by atoms with E-state index in [0.717, 1.165) is 31.1 Å². The lowest BCUT2D eigenvalue weighted by Crippen LogP contribution is -2.31. The minimum absolute atomic E-state index is 0. The number of ether oxygens (including phenoxy) is 1. The average molecular weight is 818 g/mol. The van der Waals surface area contributed by atoms with E-state index >= 15 is 0 Å². The molecule has 0 atom stereocenters. The van der Waals surface area contributed by atoms with Crippen molar-refractivity contribution < 1.29 is 27.8 Å². The van der Waals surface area contributed by atoms with E-state index in [1.165, 1.54) is 27.0 Å². The first-order valence-corrected chi connectivity index (χ1v) is 20.9. The number of rotatable bonds is 13. The number of hydrogen-bond donors (Lipinski definition) is 1. The third kappa shape index (κ3) is 9.73. The van der Waals surface area contributed by atoms with Crippen molar-refractivity contribution in [2.45, 2.75) is 49.8 Å². The zero-order valence-corrected chi connectivity index (χ0v) is 31.5. The Hall–Kier alpha value is -3.75. The van der Waals surface area contributed by atoms with Crippen molar-refractivity contribution in [1.29, 1.82) is 0 Å². The number of anilines is 2. The van der Waals surface area contributed by atoms with Crippen molar-refractivity contribution in [3.05, 3.63) is 120 Å². The van der Waals surface area contributed by atoms with Crippen LogP contribution in [0.3, 0.4) is 0 Å². The van der Waals surface area contributed by atoms with Gasteiger partial charge in [-0.3, -0.25) is 13.8 Å². The van der Waals surface area contributed by atoms with E-state index in [0.29, 0.717) is 42.4 Å². The lowest BCUT2D eigenvalue weighted by atomic mass is 10.2. The van der Waals surface area contributed by atoms with Gasteiger partial charge in [0.1, 0.15) is 10.0 Å². The Morgan fingerprint density at radius 1 is 0.780 bits per heavy atom. The molecular formula is C37H40BrN2O6S4-. The Labute approximate surface area is 312 Å². The molecule has 2 heterocycles. The zero-order valence-electron chi connectivity index (χ0n) is 27.6. The summed E-state index contributed by atoms with van der Waals surface area (Å²) in [7, 11) is -7.21. The summed E-state index contributed by atoms with van der Waals surface area (Å²) in [5, 5.41) is 3.34. The van der Waals surface area contributed by atoms with Crippen molar-refractivity contribution in [3.8, 4) is 0 Å². The van der Waals surface area contributed by atoms with Crippen LogP contribution in [0.2, 0.25) is 0 Å². The number of carbonyl (C=O) groups excluding carboxylic acids is 1. The maximum atomic E-state index is 13.5. The molecule has 0 bridgehead atoms. The number of nitrogens with one attached hydrogen (secondary N) is 1. The van der Waals surface area contributed by atoms with Crippen LogP contribution >= 0.6 is 38.6 Å². The lowest BCUT2D eigenvalue weighted by Gasteiger charge is -2.23. The van der Waals surface area contributed by atoms with E-state index in [2.05, 4.69) is 20.7 Å². The maximum Gasteiger partial charge on any atom is 0.305 e. The number of unbranched alkanes of at least 4 members (excludes halogenated alkanes) is 2. The van der Waals surface area contributed by atoms with Crippen LogP contribution in [0.25, 0.3) is 20.2 Å². The van der Waals surface area contributed by atoms with E-state index in [1.807, 2.05) is 54.6 Å². The highest BCUT2D eigenvalue weighted by Crippen LogP contribution is 2.44. The van der Waals surface area contributed by atoms with Gasteiger partial charge in [0.25, 0.3) is 20.0 Å². The lowest BCUT2D eigenvalue weighted by molar-refractivity contribution is -0.143. The summed E-state index contributed by atoms with van der Waals surface area (Å²) in [6.45, 7) is 2.50. The molecule has 6 aromatic rings. The summed E-state index contributed by atoms with van der Waals surface area (Å²) in [5.41, 5.74) is 0. The van der Waals surface area contributed by atoms with Crippen molar-refractivity contribution in [2.24, 2.45) is 0 Å². The molecule has 0 amide bonds. The fourth-order valence-electron chi connectivity index (χ4n) is 4.97. The van der Waals surface area contributed by atoms with E-state index in [4.69, 9.17) is 4.74 Å². The minimum atomic E-state index is -3.71. The Kier molecular flexibility index (Phi) is 14.0. The number of benzene rings is 4. The van der Waals surface area contributed by atoms with Crippen LogP contribution in [0.4, 0.5) is 10.0 Å². The largest absolute Gasteiger partial charge is 1.00 e. The smallest absolute Gasteiger partial charge is 0.305 e. The molecule has 50 heavy (non-hydrogen) atoms. The predicted octanol–water partition coefficient (Wildman–Crippen LogP) is 10.4. The molecule has 6 rings (SSSR count). The number of thiophene rings is 2. The molecule has 4 aromatic carbocycles. The Balaban J connectivity index is 0.000000289. The van der Waals surface area contributed by atoms with Gasteiger partial charge in [0.2, 0.25) is 0 Å². The van der Waals surface area contributed by atoms with Gasteiger partial charge in [0.05, 0.1) is 20.9 Å². The van der Waals surface area contributed by atoms with Crippen LogP contribution in [0.1, 0.15) is 41.5 Å². The fraction of sp³-hybridized carbons (Fsp3) is 0.216. The number of nitrogens with zero attached hydrogens (tertiary/aromatic N) is 1. The van der Waals surface area contributed by atoms with Gasteiger partial charge in [-0.15, -0.1) is 22.7 Å². The van der Waals surface area contributed by atoms with Crippen LogP contribution in [0.5, 0.6) is 0 Å². The molecule has 0 aliphatic heterocycles. The Morgan fingerprint density at radius 2 is 1.38 bits per heavy atom. The first kappa shape index (κ1) is 39.0. The second-order valence-electron chi connectivity index (χ2n) is 10.8. The number of fused-ring (bicyclic) bond motifs is 2. The van der Waals surface area contributed by atoms with Crippen molar-refractivity contribution in [3.63, 3.8) is 0 Å². The Bertz CT molecular complexity index is 2200. The van der Waals surface area contributed by atoms with Crippen molar-refractivity contribution in [1.82, 2.24) is 0 Å². The quantitative estimate of drug-likeness (QED) is 0.0918. The van der Waals surface area contributed by atoms with Gasteiger partial charge in [0.15, 0.2) is 0 Å². The summed E-state index contributed by atoms with van der Waals surface area (Å²) >= 11 is 6.50. The predicted molar refractivity (Wildman–Crippen MR) is 213 cm³/mol. The van der Waals surface area contributed by atoms with Gasteiger partial charge in [-0.25, -0.2) is 16.8 Å². The normalized spacial score (nSPS) is 11.3. The van der Waals surface area contributed by atoms with Gasteiger partial charge in [-0.2, -0.15) is 0 Å². The summed E-state index contributed by atoms with van der Waals surface area (Å²) in [6.07, 6.45) is 2.41. The van der Waals surface area contributed by atoms with E-state index in [-0.39, 0.29) is 24.6 Å².